The normalized spacial score (nSPS) is 19.1. The SMILES string of the molecule is CC.O=C(c1ccc(-c2cccc(C(F)(F)F)c2)cc1F)N1CCCC1CN1CCCC1. The average molecular weight is 451 g/mol. The number of amides is 1. The van der Waals surface area contributed by atoms with Crippen LogP contribution >= 0.6 is 0 Å². The molecule has 0 bridgehead atoms. The molecule has 0 aromatic heterocycles. The van der Waals surface area contributed by atoms with Gasteiger partial charge in [-0.3, -0.25) is 4.79 Å². The average Bonchev–Trinajstić information content (AvgIpc) is 3.47. The largest absolute Gasteiger partial charge is 0.416 e. The number of alkyl halides is 3. The molecule has 2 aromatic carbocycles. The van der Waals surface area contributed by atoms with E-state index in [0.717, 1.165) is 50.7 Å². The second-order valence-electron chi connectivity index (χ2n) is 8.08. The van der Waals surface area contributed by atoms with Gasteiger partial charge >= 0.3 is 6.18 Å². The van der Waals surface area contributed by atoms with Gasteiger partial charge < -0.3 is 9.80 Å². The van der Waals surface area contributed by atoms with Crippen LogP contribution in [0.3, 0.4) is 0 Å². The van der Waals surface area contributed by atoms with Gasteiger partial charge in [-0.25, -0.2) is 4.39 Å². The molecule has 2 aliphatic heterocycles. The molecular formula is C25H30F4N2O. The van der Waals surface area contributed by atoms with Crippen LogP contribution in [0.5, 0.6) is 0 Å². The third kappa shape index (κ3) is 5.49. The lowest BCUT2D eigenvalue weighted by Gasteiger charge is -2.28. The maximum Gasteiger partial charge on any atom is 0.416 e. The summed E-state index contributed by atoms with van der Waals surface area (Å²) in [6, 6.07) is 8.89. The fourth-order valence-corrected chi connectivity index (χ4v) is 4.45. The zero-order chi connectivity index (χ0) is 23.3. The smallest absolute Gasteiger partial charge is 0.334 e. The van der Waals surface area contributed by atoms with E-state index in [0.29, 0.717) is 12.1 Å². The number of benzene rings is 2. The fourth-order valence-electron chi connectivity index (χ4n) is 4.45. The van der Waals surface area contributed by atoms with E-state index in [1.54, 1.807) is 4.90 Å². The molecule has 2 aliphatic rings. The van der Waals surface area contributed by atoms with Gasteiger partial charge in [0.05, 0.1) is 11.1 Å². The first-order valence-electron chi connectivity index (χ1n) is 11.3. The molecule has 7 heteroatoms. The van der Waals surface area contributed by atoms with Crippen molar-refractivity contribution in [3.8, 4) is 11.1 Å². The topological polar surface area (TPSA) is 23.6 Å². The van der Waals surface area contributed by atoms with Crippen molar-refractivity contribution >= 4 is 5.91 Å². The Morgan fingerprint density at radius 2 is 1.66 bits per heavy atom. The number of hydrogen-bond acceptors (Lipinski definition) is 2. The Morgan fingerprint density at radius 3 is 2.31 bits per heavy atom. The number of carbonyl (C=O) groups excluding carboxylic acids is 1. The van der Waals surface area contributed by atoms with E-state index in [-0.39, 0.29) is 23.1 Å². The number of carbonyl (C=O) groups is 1. The Labute approximate surface area is 187 Å². The highest BCUT2D eigenvalue weighted by Crippen LogP contribution is 2.33. The Bertz CT molecular complexity index is 922. The molecule has 32 heavy (non-hydrogen) atoms. The van der Waals surface area contributed by atoms with E-state index in [9.17, 15) is 22.4 Å². The molecule has 0 saturated carbocycles. The zero-order valence-electron chi connectivity index (χ0n) is 18.6. The van der Waals surface area contributed by atoms with E-state index < -0.39 is 17.6 Å². The molecule has 1 unspecified atom stereocenters. The number of rotatable bonds is 4. The minimum Gasteiger partial charge on any atom is -0.334 e. The molecule has 2 heterocycles. The molecule has 2 fully saturated rings. The molecule has 2 aromatic rings. The standard InChI is InChI=1S/C23H24F4N2O.C2H6/c24-21-14-17(16-5-3-6-18(13-16)23(25,26)27)8-9-20(21)22(30)29-12-4-7-19(29)15-28-10-1-2-11-28;1-2/h3,5-6,8-9,13-14,19H,1-2,4,7,10-12,15H2;1-2H3. The Kier molecular flexibility index (Phi) is 7.93. The van der Waals surface area contributed by atoms with Gasteiger partial charge in [0.1, 0.15) is 5.82 Å². The highest BCUT2D eigenvalue weighted by Gasteiger charge is 2.33. The van der Waals surface area contributed by atoms with E-state index in [2.05, 4.69) is 4.90 Å². The summed E-state index contributed by atoms with van der Waals surface area (Å²) in [5, 5.41) is 0. The van der Waals surface area contributed by atoms with Crippen molar-refractivity contribution in [1.29, 1.82) is 0 Å². The molecule has 2 saturated heterocycles. The first kappa shape index (κ1) is 24.2. The summed E-state index contributed by atoms with van der Waals surface area (Å²) >= 11 is 0. The molecular weight excluding hydrogens is 420 g/mol. The summed E-state index contributed by atoms with van der Waals surface area (Å²) in [6.45, 7) is 7.50. The van der Waals surface area contributed by atoms with Crippen LogP contribution in [0.25, 0.3) is 11.1 Å². The number of likely N-dealkylation sites (tertiary alicyclic amines) is 2. The van der Waals surface area contributed by atoms with Crippen LogP contribution in [-0.2, 0) is 6.18 Å². The van der Waals surface area contributed by atoms with Gasteiger partial charge in [-0.05, 0) is 74.2 Å². The van der Waals surface area contributed by atoms with Gasteiger partial charge in [0.2, 0.25) is 0 Å². The lowest BCUT2D eigenvalue weighted by Crippen LogP contribution is -2.42. The van der Waals surface area contributed by atoms with Crippen LogP contribution in [-0.4, -0.2) is 47.9 Å². The Morgan fingerprint density at radius 1 is 0.969 bits per heavy atom. The maximum atomic E-state index is 14.8. The van der Waals surface area contributed by atoms with Crippen LogP contribution in [0, 0.1) is 5.82 Å². The number of halogens is 4. The molecule has 0 aliphatic carbocycles. The van der Waals surface area contributed by atoms with E-state index in [4.69, 9.17) is 0 Å². The monoisotopic (exact) mass is 450 g/mol. The predicted octanol–water partition coefficient (Wildman–Crippen LogP) is 6.24. The van der Waals surface area contributed by atoms with Crippen molar-refractivity contribution in [2.75, 3.05) is 26.2 Å². The van der Waals surface area contributed by atoms with Crippen molar-refractivity contribution in [2.24, 2.45) is 0 Å². The lowest BCUT2D eigenvalue weighted by molar-refractivity contribution is -0.137. The molecule has 1 amide bonds. The van der Waals surface area contributed by atoms with Gasteiger partial charge in [-0.2, -0.15) is 13.2 Å². The van der Waals surface area contributed by atoms with Gasteiger partial charge in [0.25, 0.3) is 5.91 Å². The minimum atomic E-state index is -4.47. The first-order valence-corrected chi connectivity index (χ1v) is 11.3. The van der Waals surface area contributed by atoms with Crippen molar-refractivity contribution < 1.29 is 22.4 Å². The van der Waals surface area contributed by atoms with Crippen LogP contribution in [0.15, 0.2) is 42.5 Å². The zero-order valence-corrected chi connectivity index (χ0v) is 18.6. The van der Waals surface area contributed by atoms with Gasteiger partial charge in [-0.1, -0.05) is 32.0 Å². The predicted molar refractivity (Wildman–Crippen MR) is 118 cm³/mol. The van der Waals surface area contributed by atoms with Crippen molar-refractivity contribution in [2.45, 2.75) is 51.7 Å². The van der Waals surface area contributed by atoms with E-state index in [1.807, 2.05) is 13.8 Å². The van der Waals surface area contributed by atoms with Crippen LogP contribution in [0.2, 0.25) is 0 Å². The molecule has 0 spiro atoms. The molecule has 0 N–H and O–H groups in total. The van der Waals surface area contributed by atoms with Crippen molar-refractivity contribution in [1.82, 2.24) is 9.80 Å². The van der Waals surface area contributed by atoms with E-state index >= 15 is 0 Å². The molecule has 0 radical (unpaired) electrons. The molecule has 1 atom stereocenters. The van der Waals surface area contributed by atoms with Crippen LogP contribution < -0.4 is 0 Å². The Balaban J connectivity index is 0.00000141. The van der Waals surface area contributed by atoms with E-state index in [1.165, 1.54) is 37.1 Å². The summed E-state index contributed by atoms with van der Waals surface area (Å²) in [4.78, 5) is 17.1. The maximum absolute atomic E-state index is 14.8. The second kappa shape index (κ2) is 10.5. The van der Waals surface area contributed by atoms with Crippen LogP contribution in [0.1, 0.15) is 55.5 Å². The molecule has 4 rings (SSSR count). The minimum absolute atomic E-state index is 0.0287. The first-order chi connectivity index (χ1) is 15.3. The van der Waals surface area contributed by atoms with Crippen LogP contribution in [0.4, 0.5) is 17.6 Å². The van der Waals surface area contributed by atoms with Crippen molar-refractivity contribution in [3.63, 3.8) is 0 Å². The summed E-state index contributed by atoms with van der Waals surface area (Å²) in [7, 11) is 0. The molecule has 174 valence electrons. The third-order valence-corrected chi connectivity index (χ3v) is 6.03. The van der Waals surface area contributed by atoms with Gasteiger partial charge in [0, 0.05) is 19.1 Å². The summed E-state index contributed by atoms with van der Waals surface area (Å²) in [6.07, 6.45) is -0.316. The highest BCUT2D eigenvalue weighted by molar-refractivity contribution is 5.95. The van der Waals surface area contributed by atoms with Gasteiger partial charge in [0.15, 0.2) is 0 Å². The summed E-state index contributed by atoms with van der Waals surface area (Å²) < 4.78 is 53.7. The second-order valence-corrected chi connectivity index (χ2v) is 8.08. The Hall–Kier alpha value is -2.41. The summed E-state index contributed by atoms with van der Waals surface area (Å²) in [5.41, 5.74) is -0.248. The van der Waals surface area contributed by atoms with Crippen molar-refractivity contribution in [3.05, 3.63) is 59.4 Å². The number of nitrogens with zero attached hydrogens (tertiary/aromatic N) is 2. The van der Waals surface area contributed by atoms with Gasteiger partial charge in [-0.15, -0.1) is 0 Å². The lowest BCUT2D eigenvalue weighted by atomic mass is 10.0. The third-order valence-electron chi connectivity index (χ3n) is 6.03. The molecule has 3 nitrogen and oxygen atoms in total. The fraction of sp³-hybridized carbons (Fsp3) is 0.480. The quantitative estimate of drug-likeness (QED) is 0.515. The number of hydrogen-bond donors (Lipinski definition) is 0. The highest BCUT2D eigenvalue weighted by atomic mass is 19.4. The summed E-state index contributed by atoms with van der Waals surface area (Å²) in [5.74, 6) is -1.05.